The van der Waals surface area contributed by atoms with Gasteiger partial charge in [0.15, 0.2) is 0 Å². The first-order valence-corrected chi connectivity index (χ1v) is 10.4. The Labute approximate surface area is 176 Å². The fourth-order valence-electron chi connectivity index (χ4n) is 3.73. The summed E-state index contributed by atoms with van der Waals surface area (Å²) in [7, 11) is 0. The summed E-state index contributed by atoms with van der Waals surface area (Å²) in [5, 5.41) is 2.91. The molecule has 2 aromatic carbocycles. The molecule has 2 aromatic rings. The molecule has 158 valence electrons. The fourth-order valence-corrected chi connectivity index (χ4v) is 3.73. The molecule has 2 heterocycles. The van der Waals surface area contributed by atoms with E-state index in [2.05, 4.69) is 5.32 Å². The van der Waals surface area contributed by atoms with E-state index in [1.54, 1.807) is 9.80 Å². The molecule has 7 nitrogen and oxygen atoms in total. The number of urea groups is 1. The lowest BCUT2D eigenvalue weighted by Gasteiger charge is -2.35. The molecule has 2 aliphatic rings. The lowest BCUT2D eigenvalue weighted by molar-refractivity contribution is -0.142. The quantitative estimate of drug-likeness (QED) is 0.837. The van der Waals surface area contributed by atoms with Gasteiger partial charge >= 0.3 is 6.03 Å². The molecule has 1 N–H and O–H groups in total. The van der Waals surface area contributed by atoms with Crippen LogP contribution in [0.2, 0.25) is 0 Å². The van der Waals surface area contributed by atoms with Crippen LogP contribution in [0.3, 0.4) is 0 Å². The van der Waals surface area contributed by atoms with Crippen LogP contribution >= 0.6 is 0 Å². The standard InChI is InChI=1S/C23H27N3O4/c1-17-4-2-5-20(16-17)30-19-9-7-18(8-10-19)24-23(28)26-13-11-25(12-14-26)22(27)21-6-3-15-29-21/h2,4-5,7-10,16,21H,3,6,11-15H2,1H3,(H,24,28)/t21-/m0/s1. The number of ether oxygens (including phenoxy) is 2. The summed E-state index contributed by atoms with van der Waals surface area (Å²) in [6.45, 7) is 4.78. The van der Waals surface area contributed by atoms with E-state index >= 15 is 0 Å². The number of rotatable bonds is 4. The first-order chi connectivity index (χ1) is 14.6. The summed E-state index contributed by atoms with van der Waals surface area (Å²) < 4.78 is 11.3. The molecule has 0 bridgehead atoms. The van der Waals surface area contributed by atoms with Crippen molar-refractivity contribution in [3.63, 3.8) is 0 Å². The van der Waals surface area contributed by atoms with Crippen LogP contribution in [-0.2, 0) is 9.53 Å². The second kappa shape index (κ2) is 9.17. The number of amides is 3. The third kappa shape index (κ3) is 4.91. The van der Waals surface area contributed by atoms with E-state index in [1.807, 2.05) is 55.5 Å². The van der Waals surface area contributed by atoms with Crippen LogP contribution in [-0.4, -0.2) is 60.6 Å². The van der Waals surface area contributed by atoms with Crippen LogP contribution in [0.25, 0.3) is 0 Å². The summed E-state index contributed by atoms with van der Waals surface area (Å²) in [4.78, 5) is 28.5. The molecule has 0 saturated carbocycles. The lowest BCUT2D eigenvalue weighted by atomic mass is 10.2. The van der Waals surface area contributed by atoms with Gasteiger partial charge in [0.25, 0.3) is 5.91 Å². The lowest BCUT2D eigenvalue weighted by Crippen LogP contribution is -2.53. The van der Waals surface area contributed by atoms with Crippen molar-refractivity contribution in [2.24, 2.45) is 0 Å². The van der Waals surface area contributed by atoms with Crippen LogP contribution in [0, 0.1) is 6.92 Å². The fraction of sp³-hybridized carbons (Fsp3) is 0.391. The van der Waals surface area contributed by atoms with Gasteiger partial charge in [-0.2, -0.15) is 0 Å². The molecule has 7 heteroatoms. The number of anilines is 1. The zero-order valence-corrected chi connectivity index (χ0v) is 17.2. The summed E-state index contributed by atoms with van der Waals surface area (Å²) in [5.41, 5.74) is 1.84. The SMILES string of the molecule is Cc1cccc(Oc2ccc(NC(=O)N3CCN(C(=O)[C@@H]4CCCO4)CC3)cc2)c1. The Bertz CT molecular complexity index is 886. The summed E-state index contributed by atoms with van der Waals surface area (Å²) in [6, 6.07) is 15.0. The van der Waals surface area contributed by atoms with Crippen molar-refractivity contribution < 1.29 is 19.1 Å². The Morgan fingerprint density at radius 3 is 2.40 bits per heavy atom. The Morgan fingerprint density at radius 2 is 1.73 bits per heavy atom. The van der Waals surface area contributed by atoms with Crippen molar-refractivity contribution in [1.29, 1.82) is 0 Å². The zero-order valence-electron chi connectivity index (χ0n) is 17.2. The molecular formula is C23H27N3O4. The topological polar surface area (TPSA) is 71.1 Å². The van der Waals surface area contributed by atoms with Gasteiger partial charge in [0, 0.05) is 38.5 Å². The average Bonchev–Trinajstić information content (AvgIpc) is 3.30. The van der Waals surface area contributed by atoms with Crippen LogP contribution in [0.4, 0.5) is 10.5 Å². The minimum atomic E-state index is -0.300. The molecule has 0 aromatic heterocycles. The molecule has 30 heavy (non-hydrogen) atoms. The van der Waals surface area contributed by atoms with Gasteiger partial charge in [-0.3, -0.25) is 4.79 Å². The van der Waals surface area contributed by atoms with E-state index in [1.165, 1.54) is 0 Å². The number of nitrogens with one attached hydrogen (secondary N) is 1. The van der Waals surface area contributed by atoms with Gasteiger partial charge < -0.3 is 24.6 Å². The second-order valence-electron chi connectivity index (χ2n) is 7.69. The first-order valence-electron chi connectivity index (χ1n) is 10.4. The molecule has 4 rings (SSSR count). The number of hydrogen-bond donors (Lipinski definition) is 1. The van der Waals surface area contributed by atoms with E-state index < -0.39 is 0 Å². The summed E-state index contributed by atoms with van der Waals surface area (Å²) >= 11 is 0. The molecule has 3 amide bonds. The zero-order chi connectivity index (χ0) is 20.9. The summed E-state index contributed by atoms with van der Waals surface area (Å²) in [5.74, 6) is 1.54. The maximum Gasteiger partial charge on any atom is 0.321 e. The van der Waals surface area contributed by atoms with Crippen molar-refractivity contribution in [3.05, 3.63) is 54.1 Å². The minimum Gasteiger partial charge on any atom is -0.457 e. The van der Waals surface area contributed by atoms with Crippen LogP contribution < -0.4 is 10.1 Å². The highest BCUT2D eigenvalue weighted by molar-refractivity contribution is 5.89. The van der Waals surface area contributed by atoms with Gasteiger partial charge in [0.2, 0.25) is 0 Å². The second-order valence-corrected chi connectivity index (χ2v) is 7.69. The Balaban J connectivity index is 1.26. The maximum absolute atomic E-state index is 12.6. The van der Waals surface area contributed by atoms with Gasteiger partial charge in [-0.15, -0.1) is 0 Å². The Hall–Kier alpha value is -3.06. The normalized spacial score (nSPS) is 18.9. The monoisotopic (exact) mass is 409 g/mol. The third-order valence-corrected chi connectivity index (χ3v) is 5.41. The number of piperazine rings is 1. The number of aryl methyl sites for hydroxylation is 1. The third-order valence-electron chi connectivity index (χ3n) is 5.41. The van der Waals surface area contributed by atoms with Crippen molar-refractivity contribution in [2.45, 2.75) is 25.9 Å². The largest absolute Gasteiger partial charge is 0.457 e. The van der Waals surface area contributed by atoms with Crippen molar-refractivity contribution >= 4 is 17.6 Å². The smallest absolute Gasteiger partial charge is 0.321 e. The molecule has 0 unspecified atom stereocenters. The van der Waals surface area contributed by atoms with Crippen molar-refractivity contribution in [3.8, 4) is 11.5 Å². The van der Waals surface area contributed by atoms with E-state index in [4.69, 9.17) is 9.47 Å². The Kier molecular flexibility index (Phi) is 6.18. The van der Waals surface area contributed by atoms with Gasteiger partial charge in [0.1, 0.15) is 17.6 Å². The van der Waals surface area contributed by atoms with Gasteiger partial charge in [-0.05, 0) is 61.7 Å². The maximum atomic E-state index is 12.6. The molecular weight excluding hydrogens is 382 g/mol. The number of carbonyl (C=O) groups excluding carboxylic acids is 2. The first kappa shape index (κ1) is 20.2. The van der Waals surface area contributed by atoms with E-state index in [0.29, 0.717) is 44.2 Å². The number of hydrogen-bond acceptors (Lipinski definition) is 4. The van der Waals surface area contributed by atoms with Crippen LogP contribution in [0.5, 0.6) is 11.5 Å². The summed E-state index contributed by atoms with van der Waals surface area (Å²) in [6.07, 6.45) is 1.43. The van der Waals surface area contributed by atoms with E-state index in [9.17, 15) is 9.59 Å². The molecule has 2 aliphatic heterocycles. The van der Waals surface area contributed by atoms with Gasteiger partial charge in [-0.25, -0.2) is 4.79 Å². The highest BCUT2D eigenvalue weighted by atomic mass is 16.5. The Morgan fingerprint density at radius 1 is 1.00 bits per heavy atom. The molecule has 2 saturated heterocycles. The number of nitrogens with zero attached hydrogens (tertiary/aromatic N) is 2. The van der Waals surface area contributed by atoms with E-state index in [0.717, 1.165) is 24.2 Å². The van der Waals surface area contributed by atoms with Crippen LogP contribution in [0.1, 0.15) is 18.4 Å². The molecule has 0 radical (unpaired) electrons. The van der Waals surface area contributed by atoms with Gasteiger partial charge in [-0.1, -0.05) is 12.1 Å². The number of benzene rings is 2. The highest BCUT2D eigenvalue weighted by Gasteiger charge is 2.31. The minimum absolute atomic E-state index is 0.0526. The predicted octanol–water partition coefficient (Wildman–Crippen LogP) is 3.64. The van der Waals surface area contributed by atoms with Gasteiger partial charge in [0.05, 0.1) is 0 Å². The predicted molar refractivity (Wildman–Crippen MR) is 114 cm³/mol. The molecule has 2 fully saturated rings. The molecule has 0 spiro atoms. The average molecular weight is 409 g/mol. The molecule has 1 atom stereocenters. The number of carbonyl (C=O) groups is 2. The van der Waals surface area contributed by atoms with E-state index in [-0.39, 0.29) is 18.0 Å². The highest BCUT2D eigenvalue weighted by Crippen LogP contribution is 2.24. The van der Waals surface area contributed by atoms with Crippen LogP contribution in [0.15, 0.2) is 48.5 Å². The van der Waals surface area contributed by atoms with Crippen molar-refractivity contribution in [1.82, 2.24) is 9.80 Å². The van der Waals surface area contributed by atoms with Crippen molar-refractivity contribution in [2.75, 3.05) is 38.1 Å². The molecule has 0 aliphatic carbocycles.